The van der Waals surface area contributed by atoms with Gasteiger partial charge < -0.3 is 20.3 Å². The Labute approximate surface area is 210 Å². The Morgan fingerprint density at radius 3 is 2.34 bits per heavy atom. The van der Waals surface area contributed by atoms with Crippen LogP contribution in [0.2, 0.25) is 0 Å². The van der Waals surface area contributed by atoms with Crippen LogP contribution >= 0.6 is 24.0 Å². The Balaban J connectivity index is 0.00000289. The zero-order valence-electron chi connectivity index (χ0n) is 19.5. The normalized spacial score (nSPS) is 21.3. The van der Waals surface area contributed by atoms with E-state index in [1.54, 1.807) is 0 Å². The Kier molecular flexibility index (Phi) is 10.1. The number of hydrogen-bond donors (Lipinski definition) is 2. The second kappa shape index (κ2) is 12.8. The average molecular weight is 554 g/mol. The summed E-state index contributed by atoms with van der Waals surface area (Å²) in [5.74, 6) is 0.925. The first-order valence-corrected chi connectivity index (χ1v) is 12.1. The van der Waals surface area contributed by atoms with Crippen LogP contribution in [-0.2, 0) is 11.3 Å². The first kappa shape index (κ1) is 25.3. The molecule has 0 aromatic heterocycles. The molecule has 178 valence electrons. The minimum Gasteiger partial charge on any atom is -0.379 e. The van der Waals surface area contributed by atoms with Crippen LogP contribution in [0.3, 0.4) is 0 Å². The topological polar surface area (TPSA) is 52.1 Å². The zero-order chi connectivity index (χ0) is 21.4. The maximum Gasteiger partial charge on any atom is 0.191 e. The van der Waals surface area contributed by atoms with E-state index in [0.717, 1.165) is 58.4 Å². The van der Waals surface area contributed by atoms with Gasteiger partial charge in [-0.05, 0) is 37.5 Å². The summed E-state index contributed by atoms with van der Waals surface area (Å²) in [5, 5.41) is 7.14. The summed E-state index contributed by atoms with van der Waals surface area (Å²) in [6.07, 6.45) is 11.0. The lowest BCUT2D eigenvalue weighted by molar-refractivity contribution is -0.0352. The standard InChI is InChI=1S/C25H39N5O.HI/c1-2-26-24(27-20-22-8-10-23(11-9-22)29-14-6-7-15-29)28-21-25(12-4-3-5-13-25)30-16-18-31-19-17-30;/h6-11H,2-5,12-21H2,1H3,(H2,26,27,28);1H. The molecular formula is C25H40IN5O. The number of aliphatic imine (C=N–C) groups is 1. The predicted molar refractivity (Wildman–Crippen MR) is 144 cm³/mol. The third kappa shape index (κ3) is 6.60. The van der Waals surface area contributed by atoms with Gasteiger partial charge in [-0.15, -0.1) is 24.0 Å². The van der Waals surface area contributed by atoms with Gasteiger partial charge in [0, 0.05) is 50.5 Å². The fourth-order valence-electron chi connectivity index (χ4n) is 5.11. The molecule has 0 atom stereocenters. The van der Waals surface area contributed by atoms with Gasteiger partial charge in [0.25, 0.3) is 0 Å². The summed E-state index contributed by atoms with van der Waals surface area (Å²) in [5.41, 5.74) is 2.77. The Morgan fingerprint density at radius 2 is 1.69 bits per heavy atom. The minimum absolute atomic E-state index is 0. The van der Waals surface area contributed by atoms with Gasteiger partial charge in [-0.25, -0.2) is 4.99 Å². The van der Waals surface area contributed by atoms with Gasteiger partial charge in [-0.3, -0.25) is 4.90 Å². The first-order chi connectivity index (χ1) is 15.3. The van der Waals surface area contributed by atoms with Crippen molar-refractivity contribution in [2.75, 3.05) is 57.4 Å². The van der Waals surface area contributed by atoms with E-state index in [1.165, 1.54) is 43.4 Å². The molecule has 4 rings (SSSR count). The zero-order valence-corrected chi connectivity index (χ0v) is 21.9. The van der Waals surface area contributed by atoms with E-state index in [2.05, 4.69) is 63.8 Å². The molecule has 2 N–H and O–H groups in total. The van der Waals surface area contributed by atoms with Crippen molar-refractivity contribution >= 4 is 35.6 Å². The molecule has 6 nitrogen and oxygen atoms in total. The van der Waals surface area contributed by atoms with Crippen LogP contribution in [0.1, 0.15) is 44.6 Å². The molecule has 2 fully saturated rings. The van der Waals surface area contributed by atoms with E-state index >= 15 is 0 Å². The van der Waals surface area contributed by atoms with Crippen molar-refractivity contribution in [2.24, 2.45) is 4.99 Å². The lowest BCUT2D eigenvalue weighted by Crippen LogP contribution is -2.60. The van der Waals surface area contributed by atoms with Crippen molar-refractivity contribution in [3.63, 3.8) is 0 Å². The molecule has 0 unspecified atom stereocenters. The monoisotopic (exact) mass is 553 g/mol. The van der Waals surface area contributed by atoms with Crippen molar-refractivity contribution in [1.82, 2.24) is 15.5 Å². The van der Waals surface area contributed by atoms with Crippen LogP contribution < -0.4 is 15.5 Å². The van der Waals surface area contributed by atoms with Crippen LogP contribution in [0.5, 0.6) is 0 Å². The van der Waals surface area contributed by atoms with Crippen molar-refractivity contribution < 1.29 is 4.74 Å². The van der Waals surface area contributed by atoms with Crippen LogP contribution in [0.4, 0.5) is 5.69 Å². The summed E-state index contributed by atoms with van der Waals surface area (Å²) in [6.45, 7) is 10.5. The van der Waals surface area contributed by atoms with Crippen LogP contribution in [0.15, 0.2) is 41.4 Å². The van der Waals surface area contributed by atoms with E-state index < -0.39 is 0 Å². The highest BCUT2D eigenvalue weighted by atomic mass is 127. The number of nitrogens with one attached hydrogen (secondary N) is 2. The Bertz CT molecular complexity index is 731. The number of benzene rings is 1. The van der Waals surface area contributed by atoms with Gasteiger partial charge in [0.05, 0.1) is 19.8 Å². The number of morpholine rings is 1. The van der Waals surface area contributed by atoms with E-state index in [-0.39, 0.29) is 29.5 Å². The van der Waals surface area contributed by atoms with Crippen molar-refractivity contribution in [2.45, 2.75) is 51.1 Å². The molecule has 7 heteroatoms. The molecule has 0 spiro atoms. The van der Waals surface area contributed by atoms with Crippen LogP contribution in [0, 0.1) is 0 Å². The van der Waals surface area contributed by atoms with Gasteiger partial charge in [0.2, 0.25) is 0 Å². The van der Waals surface area contributed by atoms with Gasteiger partial charge >= 0.3 is 0 Å². The first-order valence-electron chi connectivity index (χ1n) is 12.1. The largest absolute Gasteiger partial charge is 0.379 e. The number of rotatable bonds is 7. The molecule has 2 heterocycles. The summed E-state index contributed by atoms with van der Waals surface area (Å²) in [7, 11) is 0. The number of guanidine groups is 1. The average Bonchev–Trinajstić information content (AvgIpc) is 3.37. The summed E-state index contributed by atoms with van der Waals surface area (Å²) >= 11 is 0. The maximum absolute atomic E-state index is 5.62. The van der Waals surface area contributed by atoms with Gasteiger partial charge in [-0.1, -0.05) is 43.5 Å². The Morgan fingerprint density at radius 1 is 1.00 bits per heavy atom. The number of ether oxygens (including phenoxy) is 1. The number of halogens is 1. The van der Waals surface area contributed by atoms with E-state index in [4.69, 9.17) is 9.73 Å². The van der Waals surface area contributed by atoms with Gasteiger partial charge in [0.15, 0.2) is 5.96 Å². The second-order valence-electron chi connectivity index (χ2n) is 8.98. The quantitative estimate of drug-likeness (QED) is 0.233. The smallest absolute Gasteiger partial charge is 0.191 e. The van der Waals surface area contributed by atoms with E-state index in [9.17, 15) is 0 Å². The lowest BCUT2D eigenvalue weighted by Gasteiger charge is -2.48. The van der Waals surface area contributed by atoms with Crippen molar-refractivity contribution in [3.8, 4) is 0 Å². The molecule has 1 saturated heterocycles. The molecule has 1 aliphatic carbocycles. The van der Waals surface area contributed by atoms with Crippen molar-refractivity contribution in [1.29, 1.82) is 0 Å². The third-order valence-electron chi connectivity index (χ3n) is 6.93. The minimum atomic E-state index is 0. The lowest BCUT2D eigenvalue weighted by atomic mass is 9.80. The molecule has 1 saturated carbocycles. The summed E-state index contributed by atoms with van der Waals surface area (Å²) < 4.78 is 5.62. The fourth-order valence-corrected chi connectivity index (χ4v) is 5.11. The molecule has 0 radical (unpaired) electrons. The van der Waals surface area contributed by atoms with Crippen LogP contribution in [0.25, 0.3) is 0 Å². The molecule has 2 aliphatic heterocycles. The molecular weight excluding hydrogens is 513 g/mol. The van der Waals surface area contributed by atoms with E-state index in [1.807, 2.05) is 0 Å². The molecule has 1 aromatic rings. The highest BCUT2D eigenvalue weighted by molar-refractivity contribution is 14.0. The van der Waals surface area contributed by atoms with E-state index in [0.29, 0.717) is 6.54 Å². The Hall–Kier alpha value is -1.32. The maximum atomic E-state index is 5.62. The second-order valence-corrected chi connectivity index (χ2v) is 8.98. The predicted octanol–water partition coefficient (Wildman–Crippen LogP) is 3.77. The molecule has 32 heavy (non-hydrogen) atoms. The molecule has 0 amide bonds. The summed E-state index contributed by atoms with van der Waals surface area (Å²) in [6, 6.07) is 8.84. The molecule has 3 aliphatic rings. The summed E-state index contributed by atoms with van der Waals surface area (Å²) in [4.78, 5) is 9.94. The molecule has 1 aromatic carbocycles. The fraction of sp³-hybridized carbons (Fsp3) is 0.640. The number of hydrogen-bond acceptors (Lipinski definition) is 4. The van der Waals surface area contributed by atoms with Gasteiger partial charge in [-0.2, -0.15) is 0 Å². The molecule has 0 bridgehead atoms. The van der Waals surface area contributed by atoms with Crippen LogP contribution in [-0.4, -0.2) is 68.9 Å². The third-order valence-corrected chi connectivity index (χ3v) is 6.93. The number of anilines is 1. The number of nitrogens with zero attached hydrogens (tertiary/aromatic N) is 3. The SMILES string of the molecule is CCNC(=NCc1ccc(N2CC=CC2)cc1)NCC1(N2CCOCC2)CCCCC1.I. The van der Waals surface area contributed by atoms with Crippen molar-refractivity contribution in [3.05, 3.63) is 42.0 Å². The highest BCUT2D eigenvalue weighted by Crippen LogP contribution is 2.33. The van der Waals surface area contributed by atoms with Gasteiger partial charge in [0.1, 0.15) is 0 Å². The highest BCUT2D eigenvalue weighted by Gasteiger charge is 2.38.